The summed E-state index contributed by atoms with van der Waals surface area (Å²) in [5, 5.41) is 0. The maximum atomic E-state index is 12.9. The van der Waals surface area contributed by atoms with Crippen molar-refractivity contribution in [2.45, 2.75) is 322 Å². The summed E-state index contributed by atoms with van der Waals surface area (Å²) in [6.45, 7) is 6.53. The van der Waals surface area contributed by atoms with E-state index in [-0.39, 0.29) is 31.1 Å². The normalized spacial score (nSPS) is 12.4. The van der Waals surface area contributed by atoms with Crippen LogP contribution in [-0.4, -0.2) is 37.2 Å². The maximum Gasteiger partial charge on any atom is 0.306 e. The van der Waals surface area contributed by atoms with Gasteiger partial charge in [-0.05, 0) is 83.5 Å². The molecule has 0 saturated heterocycles. The number of unbranched alkanes of at least 4 members (excludes halogenated alkanes) is 35. The highest BCUT2D eigenvalue weighted by Crippen LogP contribution is 2.17. The third-order valence-corrected chi connectivity index (χ3v) is 13.5. The molecule has 0 N–H and O–H groups in total. The number of rotatable bonds is 56. The van der Waals surface area contributed by atoms with Crippen LogP contribution in [0.1, 0.15) is 316 Å². The van der Waals surface area contributed by atoms with Gasteiger partial charge in [-0.2, -0.15) is 0 Å². The van der Waals surface area contributed by atoms with Crippen molar-refractivity contribution in [2.75, 3.05) is 13.2 Å². The summed E-state index contributed by atoms with van der Waals surface area (Å²) < 4.78 is 16.9. The van der Waals surface area contributed by atoms with Crippen LogP contribution in [0.5, 0.6) is 0 Å². The molecule has 0 aliphatic heterocycles. The van der Waals surface area contributed by atoms with Gasteiger partial charge in [0, 0.05) is 19.3 Å². The molecular weight excluding hydrogens is 877 g/mol. The predicted octanol–water partition coefficient (Wildman–Crippen LogP) is 20.8. The van der Waals surface area contributed by atoms with E-state index < -0.39 is 6.10 Å². The van der Waals surface area contributed by atoms with E-state index in [0.717, 1.165) is 89.9 Å². The monoisotopic (exact) mass is 993 g/mol. The first-order valence-electron chi connectivity index (χ1n) is 30.8. The van der Waals surface area contributed by atoms with Gasteiger partial charge in [0.2, 0.25) is 0 Å². The topological polar surface area (TPSA) is 78.9 Å². The minimum atomic E-state index is -0.775. The first kappa shape index (κ1) is 68.1. The van der Waals surface area contributed by atoms with E-state index in [4.69, 9.17) is 14.2 Å². The highest BCUT2D eigenvalue weighted by molar-refractivity contribution is 5.71. The fourth-order valence-electron chi connectivity index (χ4n) is 8.90. The molecule has 0 spiro atoms. The van der Waals surface area contributed by atoms with Gasteiger partial charge in [0.15, 0.2) is 6.10 Å². The molecule has 6 heteroatoms. The molecule has 0 rings (SSSR count). The lowest BCUT2D eigenvalue weighted by Crippen LogP contribution is -2.30. The Bertz CT molecular complexity index is 1280. The number of carbonyl (C=O) groups is 3. The van der Waals surface area contributed by atoms with Gasteiger partial charge < -0.3 is 14.2 Å². The fourth-order valence-corrected chi connectivity index (χ4v) is 8.90. The lowest BCUT2D eigenvalue weighted by atomic mass is 10.0. The number of ether oxygens (including phenoxy) is 3. The van der Waals surface area contributed by atoms with Gasteiger partial charge in [-0.3, -0.25) is 14.4 Å². The van der Waals surface area contributed by atoms with Crippen LogP contribution in [-0.2, 0) is 28.6 Å². The SMILES string of the molecule is CC/C=C\C/C=C\C/C=C\C/C=C\CCCCCCCCCCCCCCC(=O)OCC(COC(=O)CCCCCCC/C=C\CCCCC)OC(=O)CCCCCCCCCCCCCCCCCC. The van der Waals surface area contributed by atoms with E-state index in [2.05, 4.69) is 81.5 Å². The summed E-state index contributed by atoms with van der Waals surface area (Å²) >= 11 is 0. The van der Waals surface area contributed by atoms with Crippen LogP contribution < -0.4 is 0 Å². The van der Waals surface area contributed by atoms with E-state index in [0.29, 0.717) is 19.3 Å². The average Bonchev–Trinajstić information content (AvgIpc) is 3.37. The van der Waals surface area contributed by atoms with Gasteiger partial charge in [-0.1, -0.05) is 274 Å². The van der Waals surface area contributed by atoms with Gasteiger partial charge in [0.1, 0.15) is 13.2 Å². The van der Waals surface area contributed by atoms with Crippen LogP contribution in [0.4, 0.5) is 0 Å². The predicted molar refractivity (Wildman–Crippen MR) is 307 cm³/mol. The quantitative estimate of drug-likeness (QED) is 0.0261. The second-order valence-corrected chi connectivity index (χ2v) is 20.6. The minimum Gasteiger partial charge on any atom is -0.462 e. The zero-order valence-electron chi connectivity index (χ0n) is 47.2. The summed E-state index contributed by atoms with van der Waals surface area (Å²) in [5.41, 5.74) is 0. The van der Waals surface area contributed by atoms with Crippen LogP contribution in [0, 0.1) is 0 Å². The number of hydrogen-bond donors (Lipinski definition) is 0. The Labute approximate surface area is 440 Å². The van der Waals surface area contributed by atoms with E-state index >= 15 is 0 Å². The molecular formula is C65H116O6. The van der Waals surface area contributed by atoms with Gasteiger partial charge in [-0.25, -0.2) is 0 Å². The highest BCUT2D eigenvalue weighted by Gasteiger charge is 2.19. The van der Waals surface area contributed by atoms with E-state index in [1.807, 2.05) is 0 Å². The second-order valence-electron chi connectivity index (χ2n) is 20.6. The third-order valence-electron chi connectivity index (χ3n) is 13.5. The van der Waals surface area contributed by atoms with Crippen LogP contribution >= 0.6 is 0 Å². The molecule has 1 atom stereocenters. The van der Waals surface area contributed by atoms with Crippen LogP contribution in [0.15, 0.2) is 60.8 Å². The number of carbonyl (C=O) groups excluding carboxylic acids is 3. The average molecular weight is 994 g/mol. The number of hydrogen-bond acceptors (Lipinski definition) is 6. The van der Waals surface area contributed by atoms with Crippen molar-refractivity contribution < 1.29 is 28.6 Å². The summed E-state index contributed by atoms with van der Waals surface area (Å²) in [6.07, 6.45) is 75.1. The highest BCUT2D eigenvalue weighted by atomic mass is 16.6. The molecule has 0 saturated carbocycles. The second kappa shape index (κ2) is 59.7. The summed E-state index contributed by atoms with van der Waals surface area (Å²) in [4.78, 5) is 38.2. The lowest BCUT2D eigenvalue weighted by Gasteiger charge is -2.18. The van der Waals surface area contributed by atoms with Crippen molar-refractivity contribution in [2.24, 2.45) is 0 Å². The summed E-state index contributed by atoms with van der Waals surface area (Å²) in [5.74, 6) is -0.869. The first-order valence-corrected chi connectivity index (χ1v) is 30.8. The van der Waals surface area contributed by atoms with Crippen molar-refractivity contribution in [3.63, 3.8) is 0 Å². The zero-order valence-corrected chi connectivity index (χ0v) is 47.2. The third kappa shape index (κ3) is 57.9. The van der Waals surface area contributed by atoms with Crippen molar-refractivity contribution in [1.29, 1.82) is 0 Å². The Kier molecular flexibility index (Phi) is 57.2. The Morgan fingerprint density at radius 2 is 0.549 bits per heavy atom. The van der Waals surface area contributed by atoms with Gasteiger partial charge >= 0.3 is 17.9 Å². The van der Waals surface area contributed by atoms with Gasteiger partial charge in [-0.15, -0.1) is 0 Å². The van der Waals surface area contributed by atoms with Crippen LogP contribution in [0.25, 0.3) is 0 Å². The molecule has 0 fully saturated rings. The molecule has 0 aliphatic rings. The van der Waals surface area contributed by atoms with E-state index in [1.165, 1.54) is 186 Å². The molecule has 0 heterocycles. The molecule has 71 heavy (non-hydrogen) atoms. The number of esters is 3. The largest absolute Gasteiger partial charge is 0.462 e. The van der Waals surface area contributed by atoms with E-state index in [1.54, 1.807) is 0 Å². The number of allylic oxidation sites excluding steroid dienone is 10. The molecule has 0 aromatic carbocycles. The molecule has 0 aromatic heterocycles. The molecule has 412 valence electrons. The fraction of sp³-hybridized carbons (Fsp3) is 0.800. The molecule has 0 radical (unpaired) electrons. The van der Waals surface area contributed by atoms with Crippen LogP contribution in [0.2, 0.25) is 0 Å². The molecule has 0 aliphatic carbocycles. The van der Waals surface area contributed by atoms with Crippen molar-refractivity contribution in [3.05, 3.63) is 60.8 Å². The molecule has 0 amide bonds. The van der Waals surface area contributed by atoms with Crippen LogP contribution in [0.3, 0.4) is 0 Å². The molecule has 0 aromatic rings. The van der Waals surface area contributed by atoms with E-state index in [9.17, 15) is 14.4 Å². The Morgan fingerprint density at radius 1 is 0.296 bits per heavy atom. The van der Waals surface area contributed by atoms with Crippen molar-refractivity contribution >= 4 is 17.9 Å². The molecule has 1 unspecified atom stereocenters. The molecule has 0 bridgehead atoms. The lowest BCUT2D eigenvalue weighted by molar-refractivity contribution is -0.167. The summed E-state index contributed by atoms with van der Waals surface area (Å²) in [6, 6.07) is 0. The maximum absolute atomic E-state index is 12.9. The summed E-state index contributed by atoms with van der Waals surface area (Å²) in [7, 11) is 0. The Hall–Kier alpha value is -2.89. The molecule has 6 nitrogen and oxygen atoms in total. The smallest absolute Gasteiger partial charge is 0.306 e. The standard InChI is InChI=1S/C65H116O6/c1-4-7-10-13-16-19-22-25-27-29-30-31-32-33-34-35-36-37-39-40-43-46-49-52-55-58-64(67)70-61-62(60-69-63(66)57-54-51-48-45-42-24-21-18-15-12-9-6-3)71-65(68)59-56-53-50-47-44-41-38-28-26-23-20-17-14-11-8-5-2/h7,10,16,18-19,21,25,27,30-31,62H,4-6,8-9,11-15,17,20,22-24,26,28-29,32-61H2,1-3H3/b10-7-,19-16-,21-18-,27-25-,31-30-. The Morgan fingerprint density at radius 3 is 0.901 bits per heavy atom. The van der Waals surface area contributed by atoms with Gasteiger partial charge in [0.05, 0.1) is 0 Å². The minimum absolute atomic E-state index is 0.0743. The first-order chi connectivity index (χ1) is 35.0. The van der Waals surface area contributed by atoms with Gasteiger partial charge in [0.25, 0.3) is 0 Å². The van der Waals surface area contributed by atoms with Crippen molar-refractivity contribution in [3.8, 4) is 0 Å². The van der Waals surface area contributed by atoms with Crippen molar-refractivity contribution in [1.82, 2.24) is 0 Å². The Balaban J connectivity index is 4.25. The zero-order chi connectivity index (χ0) is 51.4.